The Morgan fingerprint density at radius 1 is 1.38 bits per heavy atom. The molecule has 0 saturated heterocycles. The summed E-state index contributed by atoms with van der Waals surface area (Å²) in [6, 6.07) is 3.42. The highest BCUT2D eigenvalue weighted by molar-refractivity contribution is 7.85. The SMILES string of the molecule is Cc1ccc(COS(C)(=O)=O)nn1. The van der Waals surface area contributed by atoms with E-state index in [9.17, 15) is 8.42 Å². The molecular weight excluding hydrogens is 192 g/mol. The van der Waals surface area contributed by atoms with Crippen molar-refractivity contribution in [1.82, 2.24) is 10.2 Å². The zero-order chi connectivity index (χ0) is 9.90. The Balaban J connectivity index is 2.61. The van der Waals surface area contributed by atoms with E-state index < -0.39 is 10.1 Å². The summed E-state index contributed by atoms with van der Waals surface area (Å²) < 4.78 is 25.7. The fourth-order valence-corrected chi connectivity index (χ4v) is 1.01. The van der Waals surface area contributed by atoms with Crippen LogP contribution in [0.15, 0.2) is 12.1 Å². The quantitative estimate of drug-likeness (QED) is 0.658. The topological polar surface area (TPSA) is 69.2 Å². The lowest BCUT2D eigenvalue weighted by Crippen LogP contribution is -2.04. The molecule has 1 heterocycles. The van der Waals surface area contributed by atoms with Crippen LogP contribution in [0.3, 0.4) is 0 Å². The van der Waals surface area contributed by atoms with E-state index >= 15 is 0 Å². The van der Waals surface area contributed by atoms with E-state index in [0.717, 1.165) is 11.9 Å². The Bertz CT molecular complexity index is 371. The van der Waals surface area contributed by atoms with E-state index in [-0.39, 0.29) is 6.61 Å². The van der Waals surface area contributed by atoms with Crippen molar-refractivity contribution in [3.63, 3.8) is 0 Å². The highest BCUT2D eigenvalue weighted by Gasteiger charge is 2.03. The second kappa shape index (κ2) is 3.80. The Kier molecular flexibility index (Phi) is 2.94. The van der Waals surface area contributed by atoms with Crippen molar-refractivity contribution in [3.05, 3.63) is 23.5 Å². The maximum absolute atomic E-state index is 10.6. The summed E-state index contributed by atoms with van der Waals surface area (Å²) in [5.74, 6) is 0. The van der Waals surface area contributed by atoms with Gasteiger partial charge in [0.25, 0.3) is 10.1 Å². The molecule has 0 aromatic carbocycles. The molecule has 0 aliphatic carbocycles. The lowest BCUT2D eigenvalue weighted by Gasteiger charge is -1.99. The molecule has 1 rings (SSSR count). The molecule has 0 saturated carbocycles. The number of hydrogen-bond acceptors (Lipinski definition) is 5. The second-order valence-corrected chi connectivity index (χ2v) is 4.28. The smallest absolute Gasteiger partial charge is 0.264 e. The normalized spacial score (nSPS) is 11.5. The minimum absolute atomic E-state index is 0.0634. The molecule has 0 N–H and O–H groups in total. The van der Waals surface area contributed by atoms with E-state index in [2.05, 4.69) is 14.4 Å². The average molecular weight is 202 g/mol. The number of rotatable bonds is 3. The molecular formula is C7H10N2O3S. The Morgan fingerprint density at radius 2 is 2.08 bits per heavy atom. The van der Waals surface area contributed by atoms with Crippen LogP contribution in [0.1, 0.15) is 11.4 Å². The van der Waals surface area contributed by atoms with Gasteiger partial charge >= 0.3 is 0 Å². The molecule has 6 heteroatoms. The Hall–Kier alpha value is -1.01. The Morgan fingerprint density at radius 3 is 2.54 bits per heavy atom. The van der Waals surface area contributed by atoms with Crippen LogP contribution in [0.5, 0.6) is 0 Å². The lowest BCUT2D eigenvalue weighted by atomic mass is 10.3. The van der Waals surface area contributed by atoms with Crippen molar-refractivity contribution in [3.8, 4) is 0 Å². The van der Waals surface area contributed by atoms with Crippen LogP contribution in [-0.4, -0.2) is 24.9 Å². The molecule has 0 aliphatic heterocycles. The minimum Gasteiger partial charge on any atom is -0.264 e. The zero-order valence-electron chi connectivity index (χ0n) is 7.39. The van der Waals surface area contributed by atoms with Crippen LogP contribution in [0, 0.1) is 6.92 Å². The molecule has 0 spiro atoms. The maximum atomic E-state index is 10.6. The second-order valence-electron chi connectivity index (χ2n) is 2.63. The van der Waals surface area contributed by atoms with Crippen molar-refractivity contribution >= 4 is 10.1 Å². The van der Waals surface area contributed by atoms with Gasteiger partial charge in [0, 0.05) is 0 Å². The molecule has 5 nitrogen and oxygen atoms in total. The van der Waals surface area contributed by atoms with E-state index in [0.29, 0.717) is 5.69 Å². The molecule has 1 aromatic rings. The van der Waals surface area contributed by atoms with Gasteiger partial charge in [0.1, 0.15) is 6.61 Å². The van der Waals surface area contributed by atoms with E-state index in [1.165, 1.54) is 0 Å². The highest BCUT2D eigenvalue weighted by atomic mass is 32.2. The van der Waals surface area contributed by atoms with Crippen LogP contribution in [0.25, 0.3) is 0 Å². The summed E-state index contributed by atoms with van der Waals surface area (Å²) in [5.41, 5.74) is 1.28. The minimum atomic E-state index is -3.40. The average Bonchev–Trinajstić information content (AvgIpc) is 2.02. The highest BCUT2D eigenvalue weighted by Crippen LogP contribution is 1.99. The van der Waals surface area contributed by atoms with Gasteiger partial charge in [-0.25, -0.2) is 0 Å². The monoisotopic (exact) mass is 202 g/mol. The predicted octanol–water partition coefficient (Wildman–Crippen LogP) is 0.261. The summed E-state index contributed by atoms with van der Waals surface area (Å²) in [6.45, 7) is 1.74. The maximum Gasteiger partial charge on any atom is 0.264 e. The third kappa shape index (κ3) is 3.95. The van der Waals surface area contributed by atoms with E-state index in [4.69, 9.17) is 0 Å². The summed E-state index contributed by atoms with van der Waals surface area (Å²) in [7, 11) is -3.40. The summed E-state index contributed by atoms with van der Waals surface area (Å²) >= 11 is 0. The van der Waals surface area contributed by atoms with Crippen LogP contribution in [-0.2, 0) is 20.9 Å². The van der Waals surface area contributed by atoms with Gasteiger partial charge in [-0.3, -0.25) is 4.18 Å². The van der Waals surface area contributed by atoms with Gasteiger partial charge in [-0.15, -0.1) is 0 Å². The molecule has 72 valence electrons. The fraction of sp³-hybridized carbons (Fsp3) is 0.429. The van der Waals surface area contributed by atoms with Gasteiger partial charge in [-0.05, 0) is 19.1 Å². The lowest BCUT2D eigenvalue weighted by molar-refractivity contribution is 0.305. The molecule has 13 heavy (non-hydrogen) atoms. The molecule has 0 aliphatic rings. The Labute approximate surface area is 76.9 Å². The molecule has 0 unspecified atom stereocenters. The summed E-state index contributed by atoms with van der Waals surface area (Å²) in [4.78, 5) is 0. The molecule has 0 bridgehead atoms. The van der Waals surface area contributed by atoms with Crippen molar-refractivity contribution in [2.75, 3.05) is 6.26 Å². The first kappa shape index (κ1) is 10.1. The van der Waals surface area contributed by atoms with E-state index in [1.807, 2.05) is 0 Å². The van der Waals surface area contributed by atoms with E-state index in [1.54, 1.807) is 19.1 Å². The van der Waals surface area contributed by atoms with Crippen molar-refractivity contribution in [2.24, 2.45) is 0 Å². The van der Waals surface area contributed by atoms with Crippen molar-refractivity contribution < 1.29 is 12.6 Å². The molecule has 1 aromatic heterocycles. The van der Waals surface area contributed by atoms with Crippen molar-refractivity contribution in [1.29, 1.82) is 0 Å². The van der Waals surface area contributed by atoms with Crippen LogP contribution in [0.4, 0.5) is 0 Å². The van der Waals surface area contributed by atoms with Gasteiger partial charge in [0.2, 0.25) is 0 Å². The van der Waals surface area contributed by atoms with Crippen LogP contribution >= 0.6 is 0 Å². The molecule has 0 atom stereocenters. The third-order valence-corrected chi connectivity index (χ3v) is 1.82. The van der Waals surface area contributed by atoms with Crippen LogP contribution in [0.2, 0.25) is 0 Å². The molecule has 0 fully saturated rings. The van der Waals surface area contributed by atoms with Gasteiger partial charge in [0.15, 0.2) is 0 Å². The standard InChI is InChI=1S/C7H10N2O3S/c1-6-3-4-7(9-8-6)5-12-13(2,10)11/h3-4H,5H2,1-2H3. The third-order valence-electron chi connectivity index (χ3n) is 1.27. The van der Waals surface area contributed by atoms with Crippen molar-refractivity contribution in [2.45, 2.75) is 13.5 Å². The largest absolute Gasteiger partial charge is 0.264 e. The zero-order valence-corrected chi connectivity index (χ0v) is 8.21. The fourth-order valence-electron chi connectivity index (χ4n) is 0.671. The van der Waals surface area contributed by atoms with Gasteiger partial charge in [-0.1, -0.05) is 0 Å². The predicted molar refractivity (Wildman–Crippen MR) is 46.4 cm³/mol. The number of aryl methyl sites for hydroxylation is 1. The van der Waals surface area contributed by atoms with Crippen LogP contribution < -0.4 is 0 Å². The van der Waals surface area contributed by atoms with Gasteiger partial charge < -0.3 is 0 Å². The first-order chi connectivity index (χ1) is 5.97. The first-order valence-corrected chi connectivity index (χ1v) is 5.42. The number of hydrogen-bond donors (Lipinski definition) is 0. The first-order valence-electron chi connectivity index (χ1n) is 3.61. The molecule has 0 radical (unpaired) electrons. The number of aromatic nitrogens is 2. The van der Waals surface area contributed by atoms with Gasteiger partial charge in [-0.2, -0.15) is 18.6 Å². The summed E-state index contributed by atoms with van der Waals surface area (Å²) in [6.07, 6.45) is 0.995. The molecule has 0 amide bonds. The number of nitrogens with zero attached hydrogens (tertiary/aromatic N) is 2. The van der Waals surface area contributed by atoms with Gasteiger partial charge in [0.05, 0.1) is 17.6 Å². The summed E-state index contributed by atoms with van der Waals surface area (Å²) in [5, 5.41) is 7.50.